The van der Waals surface area contributed by atoms with Gasteiger partial charge in [0.05, 0.1) is 0 Å². The van der Waals surface area contributed by atoms with Crippen LogP contribution in [0, 0.1) is 0 Å². The lowest BCUT2D eigenvalue weighted by molar-refractivity contribution is -0.131. The zero-order valence-electron chi connectivity index (χ0n) is 10.9. The van der Waals surface area contributed by atoms with Gasteiger partial charge in [0.1, 0.15) is 0 Å². The predicted octanol–water partition coefficient (Wildman–Crippen LogP) is 0.0453. The molecule has 20 heavy (non-hydrogen) atoms. The zero-order valence-corrected chi connectivity index (χ0v) is 10.9. The van der Waals surface area contributed by atoms with Gasteiger partial charge in [0, 0.05) is 49.6 Å². The monoisotopic (exact) mass is 277 g/mol. The van der Waals surface area contributed by atoms with Gasteiger partial charge in [-0.15, -0.1) is 0 Å². The molecule has 1 aromatic heterocycles. The van der Waals surface area contributed by atoms with E-state index < -0.39 is 5.97 Å². The van der Waals surface area contributed by atoms with Gasteiger partial charge >= 0.3 is 5.97 Å². The van der Waals surface area contributed by atoms with Crippen LogP contribution in [0.2, 0.25) is 0 Å². The van der Waals surface area contributed by atoms with Crippen LogP contribution in [0.25, 0.3) is 6.08 Å². The number of hydrogen-bond acceptors (Lipinski definition) is 4. The van der Waals surface area contributed by atoms with E-state index in [1.54, 1.807) is 0 Å². The summed E-state index contributed by atoms with van der Waals surface area (Å²) in [5, 5.41) is 13.8. The second-order valence-electron chi connectivity index (χ2n) is 3.87. The first kappa shape index (κ1) is 15.4. The van der Waals surface area contributed by atoms with E-state index in [9.17, 15) is 14.4 Å². The minimum atomic E-state index is -1.11. The second kappa shape index (κ2) is 7.67. The molecule has 106 valence electrons. The number of nitrogens with one attached hydrogen (secondary N) is 2. The van der Waals surface area contributed by atoms with Crippen LogP contribution in [0.15, 0.2) is 24.5 Å². The molecule has 0 radical (unpaired) electrons. The van der Waals surface area contributed by atoms with Crippen molar-refractivity contribution in [2.24, 2.45) is 0 Å². The molecule has 7 nitrogen and oxygen atoms in total. The van der Waals surface area contributed by atoms with E-state index in [1.165, 1.54) is 31.5 Å². The Balaban J connectivity index is 2.68. The SMILES string of the molecule is CC(=O)NCCNC(=O)c1ccncc1C=CC(=O)O. The first-order valence-electron chi connectivity index (χ1n) is 5.88. The molecule has 0 spiro atoms. The fraction of sp³-hybridized carbons (Fsp3) is 0.231. The van der Waals surface area contributed by atoms with Gasteiger partial charge in [-0.2, -0.15) is 0 Å². The zero-order chi connectivity index (χ0) is 15.0. The van der Waals surface area contributed by atoms with Gasteiger partial charge in [0.2, 0.25) is 5.91 Å². The summed E-state index contributed by atoms with van der Waals surface area (Å²) in [7, 11) is 0. The summed E-state index contributed by atoms with van der Waals surface area (Å²) in [5.41, 5.74) is 0.729. The highest BCUT2D eigenvalue weighted by Gasteiger charge is 2.09. The molecule has 2 amide bonds. The summed E-state index contributed by atoms with van der Waals surface area (Å²) in [6.45, 7) is 1.99. The lowest BCUT2D eigenvalue weighted by Crippen LogP contribution is -2.33. The summed E-state index contributed by atoms with van der Waals surface area (Å²) in [6, 6.07) is 1.50. The highest BCUT2D eigenvalue weighted by molar-refractivity contribution is 5.98. The molecule has 0 aliphatic carbocycles. The summed E-state index contributed by atoms with van der Waals surface area (Å²) >= 11 is 0. The Morgan fingerprint density at radius 2 is 2.00 bits per heavy atom. The van der Waals surface area contributed by atoms with Gasteiger partial charge in [-0.3, -0.25) is 14.6 Å². The van der Waals surface area contributed by atoms with Crippen LogP contribution in [-0.2, 0) is 9.59 Å². The molecule has 1 aromatic rings. The Kier molecular flexibility index (Phi) is 5.89. The summed E-state index contributed by atoms with van der Waals surface area (Å²) in [6.07, 6.45) is 5.09. The summed E-state index contributed by atoms with van der Waals surface area (Å²) in [4.78, 5) is 36.9. The Morgan fingerprint density at radius 1 is 1.30 bits per heavy atom. The van der Waals surface area contributed by atoms with Gasteiger partial charge in [-0.05, 0) is 12.1 Å². The third-order valence-corrected chi connectivity index (χ3v) is 2.29. The third-order valence-electron chi connectivity index (χ3n) is 2.29. The molecule has 1 heterocycles. The highest BCUT2D eigenvalue weighted by Crippen LogP contribution is 2.08. The van der Waals surface area contributed by atoms with Crippen LogP contribution in [0.4, 0.5) is 0 Å². The molecule has 1 rings (SSSR count). The molecule has 3 N–H and O–H groups in total. The molecule has 7 heteroatoms. The molecule has 0 saturated carbocycles. The van der Waals surface area contributed by atoms with Crippen molar-refractivity contribution >= 4 is 23.9 Å². The predicted molar refractivity (Wildman–Crippen MR) is 71.9 cm³/mol. The van der Waals surface area contributed by atoms with Crippen LogP contribution in [0.1, 0.15) is 22.8 Å². The van der Waals surface area contributed by atoms with E-state index in [0.717, 1.165) is 6.08 Å². The van der Waals surface area contributed by atoms with Crippen LogP contribution >= 0.6 is 0 Å². The van der Waals surface area contributed by atoms with Gasteiger partial charge in [-0.25, -0.2) is 4.79 Å². The number of carbonyl (C=O) groups is 3. The number of pyridine rings is 1. The fourth-order valence-corrected chi connectivity index (χ4v) is 1.42. The number of carboxylic acids is 1. The maximum absolute atomic E-state index is 11.9. The third kappa shape index (κ3) is 5.30. The maximum Gasteiger partial charge on any atom is 0.328 e. The first-order chi connectivity index (χ1) is 9.50. The van der Waals surface area contributed by atoms with Gasteiger partial charge in [0.25, 0.3) is 5.91 Å². The van der Waals surface area contributed by atoms with Crippen molar-refractivity contribution < 1.29 is 19.5 Å². The van der Waals surface area contributed by atoms with E-state index in [-0.39, 0.29) is 18.4 Å². The number of carboxylic acid groups (broad SMARTS) is 1. The summed E-state index contributed by atoms with van der Waals surface area (Å²) in [5.74, 6) is -1.64. The normalized spacial score (nSPS) is 10.2. The Morgan fingerprint density at radius 3 is 2.65 bits per heavy atom. The Hall–Kier alpha value is -2.70. The largest absolute Gasteiger partial charge is 0.478 e. The fourth-order valence-electron chi connectivity index (χ4n) is 1.42. The number of amides is 2. The topological polar surface area (TPSA) is 108 Å². The number of aliphatic carboxylic acids is 1. The summed E-state index contributed by atoms with van der Waals surface area (Å²) < 4.78 is 0. The van der Waals surface area contributed by atoms with Gasteiger partial charge in [0.15, 0.2) is 0 Å². The quantitative estimate of drug-likeness (QED) is 0.503. The van der Waals surface area contributed by atoms with Crippen molar-refractivity contribution in [3.8, 4) is 0 Å². The molecule has 0 aliphatic rings. The molecule has 0 unspecified atom stereocenters. The molecular weight excluding hydrogens is 262 g/mol. The van der Waals surface area contributed by atoms with E-state index in [1.807, 2.05) is 0 Å². The molecule has 0 aliphatic heterocycles. The minimum Gasteiger partial charge on any atom is -0.478 e. The molecule has 0 fully saturated rings. The number of rotatable bonds is 6. The number of carbonyl (C=O) groups excluding carboxylic acids is 2. The standard InChI is InChI=1S/C13H15N3O4/c1-9(17)15-6-7-16-13(20)11-4-5-14-8-10(11)2-3-12(18)19/h2-5,8H,6-7H2,1H3,(H,15,17)(H,16,20)(H,18,19). The van der Waals surface area contributed by atoms with Gasteiger partial charge in [-0.1, -0.05) is 0 Å². The smallest absolute Gasteiger partial charge is 0.328 e. The highest BCUT2D eigenvalue weighted by atomic mass is 16.4. The lowest BCUT2D eigenvalue weighted by atomic mass is 10.1. The van der Waals surface area contributed by atoms with Crippen molar-refractivity contribution in [2.75, 3.05) is 13.1 Å². The van der Waals surface area contributed by atoms with Crippen molar-refractivity contribution in [2.45, 2.75) is 6.92 Å². The first-order valence-corrected chi connectivity index (χ1v) is 5.88. The number of hydrogen-bond donors (Lipinski definition) is 3. The maximum atomic E-state index is 11.9. The molecule has 0 atom stereocenters. The molecule has 0 bridgehead atoms. The van der Waals surface area contributed by atoms with E-state index >= 15 is 0 Å². The Bertz CT molecular complexity index is 540. The Labute approximate surface area is 115 Å². The minimum absolute atomic E-state index is 0.173. The average Bonchev–Trinajstić information content (AvgIpc) is 2.41. The van der Waals surface area contributed by atoms with Crippen molar-refractivity contribution in [3.63, 3.8) is 0 Å². The van der Waals surface area contributed by atoms with Crippen molar-refractivity contribution in [1.82, 2.24) is 15.6 Å². The number of aromatic nitrogens is 1. The van der Waals surface area contributed by atoms with Crippen LogP contribution in [0.5, 0.6) is 0 Å². The van der Waals surface area contributed by atoms with Crippen LogP contribution in [-0.4, -0.2) is 41.0 Å². The van der Waals surface area contributed by atoms with Crippen molar-refractivity contribution in [1.29, 1.82) is 0 Å². The van der Waals surface area contributed by atoms with E-state index in [0.29, 0.717) is 17.7 Å². The average molecular weight is 277 g/mol. The molecule has 0 aromatic carbocycles. The van der Waals surface area contributed by atoms with E-state index in [2.05, 4.69) is 15.6 Å². The van der Waals surface area contributed by atoms with Crippen LogP contribution < -0.4 is 10.6 Å². The van der Waals surface area contributed by atoms with Crippen molar-refractivity contribution in [3.05, 3.63) is 35.7 Å². The number of nitrogens with zero attached hydrogens (tertiary/aromatic N) is 1. The van der Waals surface area contributed by atoms with Crippen LogP contribution in [0.3, 0.4) is 0 Å². The second-order valence-corrected chi connectivity index (χ2v) is 3.87. The van der Waals surface area contributed by atoms with E-state index in [4.69, 9.17) is 5.11 Å². The molecule has 0 saturated heterocycles. The van der Waals surface area contributed by atoms with Gasteiger partial charge < -0.3 is 15.7 Å². The molecular formula is C13H15N3O4. The lowest BCUT2D eigenvalue weighted by Gasteiger charge is -2.07.